The van der Waals surface area contributed by atoms with Gasteiger partial charge < -0.3 is 5.32 Å². The molecule has 0 fully saturated rings. The fraction of sp³-hybridized carbons (Fsp3) is 0.350. The van der Waals surface area contributed by atoms with Crippen LogP contribution < -0.4 is 5.32 Å². The van der Waals surface area contributed by atoms with Crippen molar-refractivity contribution in [2.75, 3.05) is 5.32 Å². The smallest absolute Gasteiger partial charge is 0.181 e. The average Bonchev–Trinajstić information content (AvgIpc) is 3.07. The van der Waals surface area contributed by atoms with Crippen LogP contribution in [0.3, 0.4) is 0 Å². The lowest BCUT2D eigenvalue weighted by Gasteiger charge is -2.30. The molecule has 1 heterocycles. The lowest BCUT2D eigenvalue weighted by Crippen LogP contribution is -2.34. The first-order valence-corrected chi connectivity index (χ1v) is 8.65. The zero-order valence-electron chi connectivity index (χ0n) is 15.5. The Morgan fingerprint density at radius 1 is 1.00 bits per heavy atom. The van der Waals surface area contributed by atoms with Gasteiger partial charge in [0.05, 0.1) is 11.2 Å². The molecule has 1 atom stereocenters. The van der Waals surface area contributed by atoms with Gasteiger partial charge >= 0.3 is 0 Å². The van der Waals surface area contributed by atoms with Gasteiger partial charge in [0.1, 0.15) is 0 Å². The molecule has 25 heavy (non-hydrogen) atoms. The number of nitrogens with one attached hydrogen (secondary N) is 1. The maximum absolute atomic E-state index is 4.37. The summed E-state index contributed by atoms with van der Waals surface area (Å²) >= 11 is 0. The summed E-state index contributed by atoms with van der Waals surface area (Å²) in [6.07, 6.45) is 0.853. The van der Waals surface area contributed by atoms with Gasteiger partial charge in [-0.25, -0.2) is 0 Å². The third-order valence-electron chi connectivity index (χ3n) is 4.79. The molecule has 0 unspecified atom stereocenters. The number of nitrogens with zero attached hydrogens (tertiary/aromatic N) is 4. The fourth-order valence-electron chi connectivity index (χ4n) is 3.08. The average molecular weight is 335 g/mol. The van der Waals surface area contributed by atoms with Crippen LogP contribution in [-0.2, 0) is 5.54 Å². The topological polar surface area (TPSA) is 55.6 Å². The highest BCUT2D eigenvalue weighted by Crippen LogP contribution is 2.30. The van der Waals surface area contributed by atoms with Gasteiger partial charge in [-0.05, 0) is 67.8 Å². The van der Waals surface area contributed by atoms with Crippen LogP contribution >= 0.6 is 0 Å². The lowest BCUT2D eigenvalue weighted by atomic mass is 9.96. The molecule has 0 saturated heterocycles. The zero-order chi connectivity index (χ0) is 18.0. The molecule has 5 nitrogen and oxygen atoms in total. The van der Waals surface area contributed by atoms with Crippen LogP contribution in [0.2, 0.25) is 0 Å². The number of tetrazole rings is 1. The molecule has 0 saturated carbocycles. The van der Waals surface area contributed by atoms with E-state index in [-0.39, 0.29) is 5.54 Å². The monoisotopic (exact) mass is 335 g/mol. The molecule has 0 bridgehead atoms. The second kappa shape index (κ2) is 6.67. The van der Waals surface area contributed by atoms with Gasteiger partial charge in [-0.2, -0.15) is 4.68 Å². The van der Waals surface area contributed by atoms with Crippen LogP contribution in [0.15, 0.2) is 42.5 Å². The molecule has 1 N–H and O–H groups in total. The van der Waals surface area contributed by atoms with Gasteiger partial charge in [0, 0.05) is 5.69 Å². The Kier molecular flexibility index (Phi) is 4.57. The summed E-state index contributed by atoms with van der Waals surface area (Å²) in [7, 11) is 0. The summed E-state index contributed by atoms with van der Waals surface area (Å²) < 4.78 is 1.87. The molecule has 1 aromatic heterocycles. The number of aryl methyl sites for hydroxylation is 3. The van der Waals surface area contributed by atoms with Crippen molar-refractivity contribution in [3.63, 3.8) is 0 Å². The van der Waals surface area contributed by atoms with E-state index in [1.807, 2.05) is 4.68 Å². The van der Waals surface area contributed by atoms with Crippen LogP contribution in [0.5, 0.6) is 0 Å². The Bertz CT molecular complexity index is 846. The van der Waals surface area contributed by atoms with Gasteiger partial charge in [0.25, 0.3) is 0 Å². The number of benzene rings is 2. The second-order valence-electron chi connectivity index (χ2n) is 6.83. The normalized spacial score (nSPS) is 13.5. The standard InChI is InChI=1S/C20H25N5/c1-6-20(5,21-17-12-10-14(2)11-13-17)19-22-23-24-25(19)18-15(3)8-7-9-16(18)4/h7-13,21H,6H2,1-5H3/t20-/m1/s1. The Balaban J connectivity index is 2.05. The molecule has 5 heteroatoms. The van der Waals surface area contributed by atoms with Crippen LogP contribution in [0.1, 0.15) is 42.8 Å². The summed E-state index contributed by atoms with van der Waals surface area (Å²) in [5.41, 5.74) is 5.28. The van der Waals surface area contributed by atoms with Crippen molar-refractivity contribution in [2.45, 2.75) is 46.6 Å². The molecule has 0 spiro atoms. The largest absolute Gasteiger partial charge is 0.373 e. The molecular weight excluding hydrogens is 310 g/mol. The third-order valence-corrected chi connectivity index (χ3v) is 4.79. The number of anilines is 1. The highest BCUT2D eigenvalue weighted by atomic mass is 15.6. The van der Waals surface area contributed by atoms with Gasteiger partial charge in [0.15, 0.2) is 5.82 Å². The first kappa shape index (κ1) is 17.1. The van der Waals surface area contributed by atoms with E-state index in [1.54, 1.807) is 0 Å². The van der Waals surface area contributed by atoms with Crippen molar-refractivity contribution in [1.82, 2.24) is 20.2 Å². The van der Waals surface area contributed by atoms with E-state index >= 15 is 0 Å². The predicted molar refractivity (Wildman–Crippen MR) is 101 cm³/mol. The SMILES string of the molecule is CC[C@@](C)(Nc1ccc(C)cc1)c1nnnn1-c1c(C)cccc1C. The number of aromatic nitrogens is 4. The zero-order valence-corrected chi connectivity index (χ0v) is 15.5. The summed E-state index contributed by atoms with van der Waals surface area (Å²) in [5.74, 6) is 0.813. The van der Waals surface area contributed by atoms with E-state index in [9.17, 15) is 0 Å². The number of rotatable bonds is 5. The first-order chi connectivity index (χ1) is 11.9. The van der Waals surface area contributed by atoms with Crippen molar-refractivity contribution < 1.29 is 0 Å². The molecule has 3 rings (SSSR count). The third kappa shape index (κ3) is 3.27. The van der Waals surface area contributed by atoms with Crippen molar-refractivity contribution in [3.8, 4) is 5.69 Å². The summed E-state index contributed by atoms with van der Waals surface area (Å²) in [6.45, 7) is 10.5. The van der Waals surface area contributed by atoms with Crippen molar-refractivity contribution in [1.29, 1.82) is 0 Å². The first-order valence-electron chi connectivity index (χ1n) is 8.65. The highest BCUT2D eigenvalue weighted by molar-refractivity contribution is 5.50. The van der Waals surface area contributed by atoms with Crippen LogP contribution in [0.25, 0.3) is 5.69 Å². The maximum Gasteiger partial charge on any atom is 0.181 e. The Morgan fingerprint density at radius 3 is 2.24 bits per heavy atom. The molecule has 0 amide bonds. The number of hydrogen-bond donors (Lipinski definition) is 1. The maximum atomic E-state index is 4.37. The predicted octanol–water partition coefficient (Wildman–Crippen LogP) is 4.32. The number of hydrogen-bond acceptors (Lipinski definition) is 4. The van der Waals surface area contributed by atoms with Gasteiger partial charge in [-0.1, -0.05) is 42.8 Å². The van der Waals surface area contributed by atoms with Gasteiger partial charge in [-0.3, -0.25) is 0 Å². The van der Waals surface area contributed by atoms with Gasteiger partial charge in [0.2, 0.25) is 0 Å². The van der Waals surface area contributed by atoms with Crippen LogP contribution in [0.4, 0.5) is 5.69 Å². The van der Waals surface area contributed by atoms with Crippen LogP contribution in [0, 0.1) is 20.8 Å². The fourth-order valence-corrected chi connectivity index (χ4v) is 3.08. The van der Waals surface area contributed by atoms with Crippen molar-refractivity contribution in [3.05, 3.63) is 65.0 Å². The summed E-state index contributed by atoms with van der Waals surface area (Å²) in [4.78, 5) is 0. The molecule has 0 aliphatic rings. The number of para-hydroxylation sites is 1. The molecule has 0 radical (unpaired) electrons. The van der Waals surface area contributed by atoms with Gasteiger partial charge in [-0.15, -0.1) is 5.10 Å². The molecule has 3 aromatic rings. The molecule has 130 valence electrons. The van der Waals surface area contributed by atoms with E-state index in [2.05, 4.69) is 97.9 Å². The minimum atomic E-state index is -0.381. The molecule has 0 aliphatic heterocycles. The lowest BCUT2D eigenvalue weighted by molar-refractivity contribution is 0.474. The second-order valence-corrected chi connectivity index (χ2v) is 6.83. The minimum Gasteiger partial charge on any atom is -0.373 e. The van der Waals surface area contributed by atoms with Crippen LogP contribution in [-0.4, -0.2) is 20.2 Å². The van der Waals surface area contributed by atoms with E-state index in [4.69, 9.17) is 0 Å². The van der Waals surface area contributed by atoms with Crippen molar-refractivity contribution >= 4 is 5.69 Å². The highest BCUT2D eigenvalue weighted by Gasteiger charge is 2.32. The van der Waals surface area contributed by atoms with E-state index in [0.717, 1.165) is 34.7 Å². The Hall–Kier alpha value is -2.69. The van der Waals surface area contributed by atoms with E-state index < -0.39 is 0 Å². The Morgan fingerprint density at radius 2 is 1.64 bits per heavy atom. The van der Waals surface area contributed by atoms with E-state index in [0.29, 0.717) is 0 Å². The van der Waals surface area contributed by atoms with Crippen molar-refractivity contribution in [2.24, 2.45) is 0 Å². The quantitative estimate of drug-likeness (QED) is 0.754. The summed E-state index contributed by atoms with van der Waals surface area (Å²) in [5, 5.41) is 16.3. The Labute approximate surface area is 149 Å². The molecule has 2 aromatic carbocycles. The molecule has 0 aliphatic carbocycles. The van der Waals surface area contributed by atoms with E-state index in [1.165, 1.54) is 5.56 Å². The molecular formula is C20H25N5. The summed E-state index contributed by atoms with van der Waals surface area (Å²) in [6, 6.07) is 14.6. The minimum absolute atomic E-state index is 0.381.